The fourth-order valence-corrected chi connectivity index (χ4v) is 4.15. The summed E-state index contributed by atoms with van der Waals surface area (Å²) in [6.07, 6.45) is 1.18. The third-order valence-electron chi connectivity index (χ3n) is 4.87. The van der Waals surface area contributed by atoms with E-state index < -0.39 is 5.92 Å². The molecule has 5 nitrogen and oxygen atoms in total. The minimum Gasteiger partial charge on any atom is -0.343 e. The smallest absolute Gasteiger partial charge is 0.270 e. The van der Waals surface area contributed by atoms with E-state index in [1.807, 2.05) is 6.07 Å². The molecule has 0 saturated heterocycles. The number of aromatic amines is 2. The van der Waals surface area contributed by atoms with Crippen molar-refractivity contribution in [1.29, 1.82) is 0 Å². The van der Waals surface area contributed by atoms with Crippen LogP contribution in [0.3, 0.4) is 0 Å². The number of halogens is 2. The van der Waals surface area contributed by atoms with E-state index in [0.717, 1.165) is 17.7 Å². The summed E-state index contributed by atoms with van der Waals surface area (Å²) in [6, 6.07) is 5.24. The molecule has 1 aliphatic carbocycles. The molecule has 3 N–H and O–H groups in total. The molecule has 0 unspecified atom stereocenters. The number of ketones is 1. The lowest BCUT2D eigenvalue weighted by Crippen LogP contribution is -2.35. The summed E-state index contributed by atoms with van der Waals surface area (Å²) < 4.78 is 0. The summed E-state index contributed by atoms with van der Waals surface area (Å²) in [5, 5.41) is 9.57. The van der Waals surface area contributed by atoms with Crippen molar-refractivity contribution in [3.8, 4) is 0 Å². The van der Waals surface area contributed by atoms with Crippen LogP contribution in [-0.2, 0) is 4.79 Å². The zero-order chi connectivity index (χ0) is 17.9. The molecule has 0 bridgehead atoms. The van der Waals surface area contributed by atoms with Gasteiger partial charge in [0.25, 0.3) is 5.56 Å². The van der Waals surface area contributed by atoms with Crippen molar-refractivity contribution in [3.05, 3.63) is 61.0 Å². The molecular formula is C18H17Cl2N3O2. The summed E-state index contributed by atoms with van der Waals surface area (Å²) in [6.45, 7) is 4.14. The second-order valence-electron chi connectivity index (χ2n) is 7.43. The summed E-state index contributed by atoms with van der Waals surface area (Å²) in [7, 11) is 0. The molecule has 7 heteroatoms. The Labute approximate surface area is 154 Å². The van der Waals surface area contributed by atoms with Crippen LogP contribution in [-0.4, -0.2) is 16.0 Å². The molecule has 4 rings (SSSR count). The summed E-state index contributed by atoms with van der Waals surface area (Å²) in [5.41, 5.74) is 2.42. The number of rotatable bonds is 1. The van der Waals surface area contributed by atoms with Crippen LogP contribution in [0.25, 0.3) is 0 Å². The summed E-state index contributed by atoms with van der Waals surface area (Å²) >= 11 is 12.2. The van der Waals surface area contributed by atoms with Crippen molar-refractivity contribution in [1.82, 2.24) is 10.2 Å². The minimum absolute atomic E-state index is 0.0565. The van der Waals surface area contributed by atoms with Gasteiger partial charge in [0, 0.05) is 23.6 Å². The van der Waals surface area contributed by atoms with Gasteiger partial charge in [-0.25, -0.2) is 0 Å². The van der Waals surface area contributed by atoms with Crippen LogP contribution < -0.4 is 10.9 Å². The number of H-pyrrole nitrogens is 2. The first-order valence-electron chi connectivity index (χ1n) is 8.05. The molecule has 2 aromatic rings. The molecule has 0 amide bonds. The third kappa shape index (κ3) is 2.62. The number of fused-ring (bicyclic) bond motifs is 1. The highest BCUT2D eigenvalue weighted by Crippen LogP contribution is 2.47. The van der Waals surface area contributed by atoms with Gasteiger partial charge in [-0.3, -0.25) is 19.8 Å². The number of aromatic nitrogens is 2. The van der Waals surface area contributed by atoms with Crippen LogP contribution >= 0.6 is 23.2 Å². The highest BCUT2D eigenvalue weighted by Gasteiger charge is 2.42. The van der Waals surface area contributed by atoms with Crippen molar-refractivity contribution in [2.45, 2.75) is 32.6 Å². The normalized spacial score (nSPS) is 21.6. The van der Waals surface area contributed by atoms with E-state index in [2.05, 4.69) is 29.4 Å². The average Bonchev–Trinajstić information content (AvgIpc) is 2.88. The number of allylic oxidation sites excluding steroid dienone is 2. The minimum atomic E-state index is -0.459. The van der Waals surface area contributed by atoms with Gasteiger partial charge in [0.1, 0.15) is 5.82 Å². The maximum atomic E-state index is 12.9. The molecule has 1 atom stereocenters. The quantitative estimate of drug-likeness (QED) is 0.696. The molecule has 0 fully saturated rings. The lowest BCUT2D eigenvalue weighted by atomic mass is 9.69. The maximum Gasteiger partial charge on any atom is 0.270 e. The Hall–Kier alpha value is -1.98. The van der Waals surface area contributed by atoms with Crippen LogP contribution in [0.1, 0.15) is 43.7 Å². The highest BCUT2D eigenvalue weighted by atomic mass is 35.5. The van der Waals surface area contributed by atoms with E-state index in [0.29, 0.717) is 33.4 Å². The molecule has 2 aliphatic rings. The van der Waals surface area contributed by atoms with Crippen molar-refractivity contribution < 1.29 is 4.79 Å². The molecule has 0 radical (unpaired) electrons. The molecule has 1 aromatic heterocycles. The monoisotopic (exact) mass is 377 g/mol. The number of hydrogen-bond donors (Lipinski definition) is 3. The second-order valence-corrected chi connectivity index (χ2v) is 8.25. The zero-order valence-electron chi connectivity index (χ0n) is 13.8. The van der Waals surface area contributed by atoms with Crippen LogP contribution in [0.5, 0.6) is 0 Å². The highest BCUT2D eigenvalue weighted by molar-refractivity contribution is 6.42. The Morgan fingerprint density at radius 3 is 2.56 bits per heavy atom. The van der Waals surface area contributed by atoms with E-state index in [1.54, 1.807) is 12.1 Å². The van der Waals surface area contributed by atoms with E-state index in [-0.39, 0.29) is 16.8 Å². The number of nitrogens with one attached hydrogen (secondary N) is 3. The molecule has 1 aliphatic heterocycles. The predicted molar refractivity (Wildman–Crippen MR) is 98.4 cm³/mol. The fourth-order valence-electron chi connectivity index (χ4n) is 3.84. The first-order chi connectivity index (χ1) is 11.8. The van der Waals surface area contributed by atoms with Gasteiger partial charge < -0.3 is 5.32 Å². The Kier molecular flexibility index (Phi) is 3.63. The van der Waals surface area contributed by atoms with E-state index in [4.69, 9.17) is 23.2 Å². The molecule has 0 saturated carbocycles. The van der Waals surface area contributed by atoms with Gasteiger partial charge in [-0.05, 0) is 29.5 Å². The van der Waals surface area contributed by atoms with E-state index in [9.17, 15) is 9.59 Å². The van der Waals surface area contributed by atoms with Crippen LogP contribution in [0.4, 0.5) is 5.82 Å². The Morgan fingerprint density at radius 1 is 1.08 bits per heavy atom. The van der Waals surface area contributed by atoms with Gasteiger partial charge >= 0.3 is 0 Å². The first-order valence-corrected chi connectivity index (χ1v) is 8.81. The van der Waals surface area contributed by atoms with E-state index in [1.165, 1.54) is 0 Å². The molecular weight excluding hydrogens is 361 g/mol. The second kappa shape index (κ2) is 5.51. The van der Waals surface area contributed by atoms with Crippen molar-refractivity contribution in [2.24, 2.45) is 5.41 Å². The van der Waals surface area contributed by atoms with Crippen LogP contribution in [0.2, 0.25) is 10.0 Å². The maximum absolute atomic E-state index is 12.9. The van der Waals surface area contributed by atoms with Gasteiger partial charge in [-0.15, -0.1) is 0 Å². The number of anilines is 1. The third-order valence-corrected chi connectivity index (χ3v) is 5.60. The van der Waals surface area contributed by atoms with Crippen LogP contribution in [0, 0.1) is 5.41 Å². The first kappa shape index (κ1) is 16.5. The van der Waals surface area contributed by atoms with Gasteiger partial charge in [-0.1, -0.05) is 43.1 Å². The number of hydrogen-bond acceptors (Lipinski definition) is 3. The largest absolute Gasteiger partial charge is 0.343 e. The lowest BCUT2D eigenvalue weighted by Gasteiger charge is -2.37. The van der Waals surface area contributed by atoms with Crippen molar-refractivity contribution in [2.75, 3.05) is 5.32 Å². The number of benzene rings is 1. The molecule has 2 heterocycles. The Balaban J connectivity index is 1.96. The number of carbonyl (C=O) groups is 1. The SMILES string of the molecule is CC1(C)CC(=O)C2=C(C1)Nc1[nH][nH]c(=O)c1[C@H]2c1ccc(Cl)c(Cl)c1. The Bertz CT molecular complexity index is 984. The van der Waals surface area contributed by atoms with Gasteiger partial charge in [0.2, 0.25) is 0 Å². The standard InChI is InChI=1S/C18H17Cl2N3O2/c1-18(2)6-11-14(12(24)7-18)13(8-3-4-9(19)10(20)5-8)15-16(21-11)22-23-17(15)25/h3-5,13H,6-7H2,1-2H3,(H3,21,22,23,25)/t13-/m0/s1. The predicted octanol–water partition coefficient (Wildman–Crippen LogP) is 4.21. The summed E-state index contributed by atoms with van der Waals surface area (Å²) in [5.74, 6) is 0.200. The Morgan fingerprint density at radius 2 is 1.84 bits per heavy atom. The summed E-state index contributed by atoms with van der Waals surface area (Å²) in [4.78, 5) is 25.3. The molecule has 25 heavy (non-hydrogen) atoms. The van der Waals surface area contributed by atoms with Crippen molar-refractivity contribution in [3.63, 3.8) is 0 Å². The number of carbonyl (C=O) groups excluding carboxylic acids is 1. The van der Waals surface area contributed by atoms with Crippen molar-refractivity contribution >= 4 is 34.8 Å². The zero-order valence-corrected chi connectivity index (χ0v) is 15.3. The van der Waals surface area contributed by atoms with Gasteiger partial charge in [0.15, 0.2) is 5.78 Å². The topological polar surface area (TPSA) is 77.8 Å². The fraction of sp³-hybridized carbons (Fsp3) is 0.333. The number of Topliss-reactive ketones (excluding diaryl/α,β-unsaturated/α-hetero) is 1. The van der Waals surface area contributed by atoms with Crippen LogP contribution in [0.15, 0.2) is 34.3 Å². The van der Waals surface area contributed by atoms with Gasteiger partial charge in [-0.2, -0.15) is 0 Å². The van der Waals surface area contributed by atoms with Gasteiger partial charge in [0.05, 0.1) is 15.6 Å². The molecule has 0 spiro atoms. The molecule has 130 valence electrons. The van der Waals surface area contributed by atoms with E-state index >= 15 is 0 Å². The lowest BCUT2D eigenvalue weighted by molar-refractivity contribution is -0.118. The molecule has 1 aromatic carbocycles. The average molecular weight is 378 g/mol.